The second kappa shape index (κ2) is 3.31. The Morgan fingerprint density at radius 1 is 0.846 bits per heavy atom. The predicted molar refractivity (Wildman–Crippen MR) is 29.0 cm³/mol. The molecule has 0 amide bonds. The van der Waals surface area contributed by atoms with Gasteiger partial charge in [-0.1, -0.05) is 9.69 Å². The molecule has 10 nitrogen and oxygen atoms in total. The molecule has 2 N–H and O–H groups in total. The maximum absolute atomic E-state index is 8.91. The van der Waals surface area contributed by atoms with Gasteiger partial charge < -0.3 is 10.4 Å². The second-order valence-electron chi connectivity index (χ2n) is 1.78. The van der Waals surface area contributed by atoms with Crippen LogP contribution in [0.25, 0.3) is 11.6 Å². The number of tetrazole rings is 2. The fourth-order valence-corrected chi connectivity index (χ4v) is 0.634. The van der Waals surface area contributed by atoms with Gasteiger partial charge in [0.05, 0.1) is 0 Å². The standard InChI is InChI=1S/C2H2N8O2.Ni/c11-9-1(3-5-7-9)2-4-6-8-10(2)12;/h11-12H;. The Kier molecular flexibility index (Phi) is 2.37. The third-order valence-electron chi connectivity index (χ3n) is 1.11. The molecule has 0 saturated carbocycles. The Bertz CT molecular complexity index is 356. The summed E-state index contributed by atoms with van der Waals surface area (Å²) in [6.45, 7) is 0. The van der Waals surface area contributed by atoms with Crippen LogP contribution < -0.4 is 0 Å². The van der Waals surface area contributed by atoms with Crippen molar-refractivity contribution in [2.75, 3.05) is 0 Å². The molecule has 0 unspecified atom stereocenters. The fourth-order valence-electron chi connectivity index (χ4n) is 0.634. The summed E-state index contributed by atoms with van der Waals surface area (Å²) in [6.07, 6.45) is 0. The van der Waals surface area contributed by atoms with Gasteiger partial charge in [0.2, 0.25) is 0 Å². The van der Waals surface area contributed by atoms with E-state index in [9.17, 15) is 0 Å². The molecule has 13 heavy (non-hydrogen) atoms. The molecule has 0 radical (unpaired) electrons. The molecule has 0 aromatic carbocycles. The van der Waals surface area contributed by atoms with Crippen LogP contribution >= 0.6 is 0 Å². The zero-order valence-corrected chi connectivity index (χ0v) is 6.78. The van der Waals surface area contributed by atoms with Crippen LogP contribution in [0.2, 0.25) is 0 Å². The minimum absolute atomic E-state index is 0. The van der Waals surface area contributed by atoms with E-state index in [1.807, 2.05) is 0 Å². The summed E-state index contributed by atoms with van der Waals surface area (Å²) >= 11 is 0. The third kappa shape index (κ3) is 1.40. The van der Waals surface area contributed by atoms with Crippen molar-refractivity contribution in [2.45, 2.75) is 0 Å². The van der Waals surface area contributed by atoms with E-state index in [4.69, 9.17) is 10.4 Å². The summed E-state index contributed by atoms with van der Waals surface area (Å²) in [4.78, 5) is 0.691. The summed E-state index contributed by atoms with van der Waals surface area (Å²) in [7, 11) is 0. The molecule has 0 fully saturated rings. The van der Waals surface area contributed by atoms with Crippen molar-refractivity contribution >= 4 is 0 Å². The molecule has 2 rings (SSSR count). The van der Waals surface area contributed by atoms with Gasteiger partial charge in [-0.2, -0.15) is 0 Å². The van der Waals surface area contributed by atoms with Crippen molar-refractivity contribution in [3.05, 3.63) is 0 Å². The third-order valence-corrected chi connectivity index (χ3v) is 1.11. The molecule has 2 aromatic rings. The number of hydrogen-bond acceptors (Lipinski definition) is 8. The number of nitrogens with zero attached hydrogens (tertiary/aromatic N) is 8. The van der Waals surface area contributed by atoms with Gasteiger partial charge in [0.25, 0.3) is 11.6 Å². The van der Waals surface area contributed by atoms with E-state index in [1.165, 1.54) is 0 Å². The van der Waals surface area contributed by atoms with Crippen molar-refractivity contribution in [3.8, 4) is 11.6 Å². The quantitative estimate of drug-likeness (QED) is 0.416. The molecule has 72 valence electrons. The van der Waals surface area contributed by atoms with Gasteiger partial charge in [0.15, 0.2) is 0 Å². The summed E-state index contributed by atoms with van der Waals surface area (Å²) in [6, 6.07) is 0. The molecular weight excluding hydrogens is 227 g/mol. The normalized spacial score (nSPS) is 9.54. The second-order valence-corrected chi connectivity index (χ2v) is 1.78. The summed E-state index contributed by atoms with van der Waals surface area (Å²) in [5.74, 6) is -0.301. The number of rotatable bonds is 1. The van der Waals surface area contributed by atoms with Gasteiger partial charge in [-0.3, -0.25) is 0 Å². The van der Waals surface area contributed by atoms with Crippen molar-refractivity contribution in [1.29, 1.82) is 0 Å². The SMILES string of the molecule is On1nnnc1-c1nnnn1O.[Ni]. The van der Waals surface area contributed by atoms with Crippen LogP contribution in [0.4, 0.5) is 0 Å². The van der Waals surface area contributed by atoms with E-state index >= 15 is 0 Å². The smallest absolute Gasteiger partial charge is 0.264 e. The number of hydrogen-bond donors (Lipinski definition) is 2. The van der Waals surface area contributed by atoms with E-state index in [1.54, 1.807) is 0 Å². The molecule has 0 spiro atoms. The first-order chi connectivity index (χ1) is 5.79. The predicted octanol–water partition coefficient (Wildman–Crippen LogP) is -2.20. The largest absolute Gasteiger partial charge is 0.409 e. The Hall–Kier alpha value is -1.77. The molecule has 11 heteroatoms. The van der Waals surface area contributed by atoms with Crippen molar-refractivity contribution < 1.29 is 26.9 Å². The van der Waals surface area contributed by atoms with Gasteiger partial charge in [-0.15, -0.1) is 10.2 Å². The Morgan fingerprint density at radius 3 is 1.46 bits per heavy atom. The first-order valence-electron chi connectivity index (χ1n) is 2.74. The molecular formula is C2H2N8NiO2. The molecule has 0 atom stereocenters. The van der Waals surface area contributed by atoms with Crippen molar-refractivity contribution in [2.24, 2.45) is 0 Å². The van der Waals surface area contributed by atoms with Crippen LogP contribution in [-0.4, -0.2) is 51.2 Å². The zero-order chi connectivity index (χ0) is 8.55. The van der Waals surface area contributed by atoms with Crippen LogP contribution in [0, 0.1) is 0 Å². The van der Waals surface area contributed by atoms with E-state index < -0.39 is 0 Å². The minimum Gasteiger partial charge on any atom is -0.409 e. The Labute approximate surface area is 80.0 Å². The zero-order valence-electron chi connectivity index (χ0n) is 5.79. The summed E-state index contributed by atoms with van der Waals surface area (Å²) in [5, 5.41) is 36.9. The fraction of sp³-hybridized carbons (Fsp3) is 0. The van der Waals surface area contributed by atoms with E-state index in [0.717, 1.165) is 0 Å². The van der Waals surface area contributed by atoms with Gasteiger partial charge >= 0.3 is 0 Å². The average molecular weight is 229 g/mol. The van der Waals surface area contributed by atoms with Gasteiger partial charge in [-0.25, -0.2) is 0 Å². The Morgan fingerprint density at radius 2 is 1.23 bits per heavy atom. The van der Waals surface area contributed by atoms with Crippen LogP contribution in [0.5, 0.6) is 0 Å². The molecule has 0 aliphatic heterocycles. The van der Waals surface area contributed by atoms with Crippen LogP contribution in [0.1, 0.15) is 0 Å². The molecule has 0 aliphatic rings. The molecule has 2 heterocycles. The topological polar surface area (TPSA) is 128 Å². The van der Waals surface area contributed by atoms with Crippen LogP contribution in [-0.2, 0) is 16.5 Å². The Balaban J connectivity index is 0.000000845. The first kappa shape index (κ1) is 9.32. The first-order valence-corrected chi connectivity index (χ1v) is 2.74. The minimum atomic E-state index is -0.150. The van der Waals surface area contributed by atoms with Crippen LogP contribution in [0.15, 0.2) is 0 Å². The van der Waals surface area contributed by atoms with Crippen molar-refractivity contribution in [3.63, 3.8) is 0 Å². The number of aromatic nitrogens is 8. The average Bonchev–Trinajstić information content (AvgIpc) is 2.59. The maximum atomic E-state index is 8.91. The molecule has 0 saturated heterocycles. The molecule has 0 aliphatic carbocycles. The molecule has 2 aromatic heterocycles. The molecule has 0 bridgehead atoms. The van der Waals surface area contributed by atoms with E-state index in [2.05, 4.69) is 31.1 Å². The van der Waals surface area contributed by atoms with Crippen LogP contribution in [0.3, 0.4) is 0 Å². The monoisotopic (exact) mass is 228 g/mol. The van der Waals surface area contributed by atoms with Crippen molar-refractivity contribution in [1.82, 2.24) is 40.7 Å². The van der Waals surface area contributed by atoms with Gasteiger partial charge in [-0.05, 0) is 20.9 Å². The van der Waals surface area contributed by atoms with E-state index in [0.29, 0.717) is 9.69 Å². The summed E-state index contributed by atoms with van der Waals surface area (Å²) in [5.41, 5.74) is 0. The van der Waals surface area contributed by atoms with Gasteiger partial charge in [0.1, 0.15) is 0 Å². The van der Waals surface area contributed by atoms with E-state index in [-0.39, 0.29) is 28.1 Å². The summed E-state index contributed by atoms with van der Waals surface area (Å²) < 4.78 is 0. The maximum Gasteiger partial charge on any atom is 0.264 e. The van der Waals surface area contributed by atoms with Gasteiger partial charge in [0, 0.05) is 16.5 Å².